The van der Waals surface area contributed by atoms with Crippen molar-refractivity contribution in [2.75, 3.05) is 19.2 Å². The van der Waals surface area contributed by atoms with Crippen molar-refractivity contribution in [1.29, 1.82) is 0 Å². The van der Waals surface area contributed by atoms with Crippen LogP contribution in [0.2, 0.25) is 0 Å². The normalized spacial score (nSPS) is 10.7. The third-order valence-electron chi connectivity index (χ3n) is 3.19. The van der Waals surface area contributed by atoms with Crippen LogP contribution in [0.4, 0.5) is 5.82 Å². The van der Waals surface area contributed by atoms with Crippen molar-refractivity contribution in [1.82, 2.24) is 9.97 Å². The van der Waals surface area contributed by atoms with Crippen LogP contribution >= 0.6 is 0 Å². The molecule has 0 unspecified atom stereocenters. The molecule has 0 N–H and O–H groups in total. The van der Waals surface area contributed by atoms with E-state index in [9.17, 15) is 0 Å². The summed E-state index contributed by atoms with van der Waals surface area (Å²) in [5.41, 5.74) is 1.89. The lowest BCUT2D eigenvalue weighted by Crippen LogP contribution is -2.17. The summed E-state index contributed by atoms with van der Waals surface area (Å²) >= 11 is 0. The maximum absolute atomic E-state index is 5.28. The second kappa shape index (κ2) is 5.27. The van der Waals surface area contributed by atoms with E-state index in [4.69, 9.17) is 4.84 Å². The van der Waals surface area contributed by atoms with Crippen LogP contribution in [-0.4, -0.2) is 24.1 Å². The van der Waals surface area contributed by atoms with Gasteiger partial charge in [0.15, 0.2) is 11.6 Å². The van der Waals surface area contributed by atoms with E-state index in [2.05, 4.69) is 9.97 Å². The summed E-state index contributed by atoms with van der Waals surface area (Å²) in [5, 5.41) is 2.62. The van der Waals surface area contributed by atoms with Crippen LogP contribution in [-0.2, 0) is 4.84 Å². The van der Waals surface area contributed by atoms with Gasteiger partial charge < -0.3 is 0 Å². The number of aromatic nitrogens is 2. The first-order chi connectivity index (χ1) is 9.79. The van der Waals surface area contributed by atoms with Gasteiger partial charge in [-0.15, -0.1) is 0 Å². The first-order valence-corrected chi connectivity index (χ1v) is 6.39. The number of fused-ring (bicyclic) bond motifs is 1. The Balaban J connectivity index is 2.25. The van der Waals surface area contributed by atoms with E-state index in [1.54, 1.807) is 12.2 Å². The summed E-state index contributed by atoms with van der Waals surface area (Å²) < 4.78 is 0. The Morgan fingerprint density at radius 1 is 0.900 bits per heavy atom. The van der Waals surface area contributed by atoms with Crippen LogP contribution in [0.25, 0.3) is 22.3 Å². The smallest absolute Gasteiger partial charge is 0.164 e. The first kappa shape index (κ1) is 12.6. The Labute approximate surface area is 117 Å². The van der Waals surface area contributed by atoms with Crippen molar-refractivity contribution in [3.8, 4) is 11.4 Å². The van der Waals surface area contributed by atoms with Gasteiger partial charge in [-0.25, -0.2) is 15.0 Å². The Morgan fingerprint density at radius 3 is 2.35 bits per heavy atom. The molecule has 0 bridgehead atoms. The summed E-state index contributed by atoms with van der Waals surface area (Å²) in [6.07, 6.45) is 0. The Kier molecular flexibility index (Phi) is 3.31. The number of hydrogen-bond acceptors (Lipinski definition) is 4. The molecule has 1 aromatic heterocycles. The van der Waals surface area contributed by atoms with Gasteiger partial charge >= 0.3 is 0 Å². The van der Waals surface area contributed by atoms with Crippen LogP contribution in [0.15, 0.2) is 54.6 Å². The fraction of sp³-hybridized carbons (Fsp3) is 0.125. The summed E-state index contributed by atoms with van der Waals surface area (Å²) in [7, 11) is 3.46. The molecule has 0 amide bonds. The fourth-order valence-electron chi connectivity index (χ4n) is 2.10. The van der Waals surface area contributed by atoms with E-state index in [0.29, 0.717) is 5.82 Å². The van der Waals surface area contributed by atoms with Crippen LogP contribution in [0.5, 0.6) is 0 Å². The molecule has 2 aromatic carbocycles. The highest BCUT2D eigenvalue weighted by Crippen LogP contribution is 2.26. The lowest BCUT2D eigenvalue weighted by Gasteiger charge is -2.17. The predicted octanol–water partition coefficient (Wildman–Crippen LogP) is 3.29. The number of benzene rings is 2. The molecule has 0 atom stereocenters. The van der Waals surface area contributed by atoms with Gasteiger partial charge in [-0.05, 0) is 12.1 Å². The molecule has 4 nitrogen and oxygen atoms in total. The second-order valence-corrected chi connectivity index (χ2v) is 4.43. The SMILES string of the molecule is CON(C)c1nc(-c2ccccc2)nc2ccccc12. The minimum Gasteiger partial charge on any atom is -0.276 e. The number of hydroxylamine groups is 1. The minimum absolute atomic E-state index is 0.697. The Morgan fingerprint density at radius 2 is 1.60 bits per heavy atom. The average molecular weight is 265 g/mol. The average Bonchev–Trinajstić information content (AvgIpc) is 2.54. The Bertz CT molecular complexity index is 728. The van der Waals surface area contributed by atoms with Crippen molar-refractivity contribution < 1.29 is 4.84 Å². The molecule has 3 rings (SSSR count). The molecule has 20 heavy (non-hydrogen) atoms. The van der Waals surface area contributed by atoms with Gasteiger partial charge in [-0.3, -0.25) is 4.84 Å². The number of hydrogen-bond donors (Lipinski definition) is 0. The molecule has 0 fully saturated rings. The molecule has 0 aliphatic heterocycles. The van der Waals surface area contributed by atoms with Gasteiger partial charge in [0.25, 0.3) is 0 Å². The fourth-order valence-corrected chi connectivity index (χ4v) is 2.10. The quantitative estimate of drug-likeness (QED) is 0.681. The van der Waals surface area contributed by atoms with Gasteiger partial charge in [0.1, 0.15) is 0 Å². The van der Waals surface area contributed by atoms with E-state index >= 15 is 0 Å². The van der Waals surface area contributed by atoms with Crippen molar-refractivity contribution in [2.45, 2.75) is 0 Å². The molecule has 0 spiro atoms. The zero-order valence-corrected chi connectivity index (χ0v) is 11.4. The standard InChI is InChI=1S/C16H15N3O/c1-19(20-2)16-13-10-6-7-11-14(13)17-15(18-16)12-8-4-3-5-9-12/h3-11H,1-2H3. The van der Waals surface area contributed by atoms with Crippen LogP contribution < -0.4 is 5.06 Å². The minimum atomic E-state index is 0.697. The summed E-state index contributed by atoms with van der Waals surface area (Å²) in [6, 6.07) is 17.9. The van der Waals surface area contributed by atoms with E-state index in [-0.39, 0.29) is 0 Å². The van der Waals surface area contributed by atoms with Crippen LogP contribution in [0.1, 0.15) is 0 Å². The lowest BCUT2D eigenvalue weighted by atomic mass is 10.2. The van der Waals surface area contributed by atoms with Gasteiger partial charge in [0.2, 0.25) is 0 Å². The monoisotopic (exact) mass is 265 g/mol. The molecule has 0 aliphatic rings. The molecule has 0 aliphatic carbocycles. The maximum Gasteiger partial charge on any atom is 0.164 e. The molecular weight excluding hydrogens is 250 g/mol. The maximum atomic E-state index is 5.28. The summed E-state index contributed by atoms with van der Waals surface area (Å²) in [6.45, 7) is 0. The highest BCUT2D eigenvalue weighted by molar-refractivity contribution is 5.90. The van der Waals surface area contributed by atoms with E-state index in [1.165, 1.54) is 0 Å². The number of nitrogens with zero attached hydrogens (tertiary/aromatic N) is 3. The molecule has 3 aromatic rings. The molecular formula is C16H15N3O. The molecule has 0 radical (unpaired) electrons. The Hall–Kier alpha value is -2.46. The topological polar surface area (TPSA) is 38.2 Å². The van der Waals surface area contributed by atoms with E-state index in [1.807, 2.05) is 61.6 Å². The van der Waals surface area contributed by atoms with Crippen molar-refractivity contribution in [3.05, 3.63) is 54.6 Å². The van der Waals surface area contributed by atoms with E-state index in [0.717, 1.165) is 22.3 Å². The van der Waals surface area contributed by atoms with Crippen molar-refractivity contribution >= 4 is 16.7 Å². The molecule has 0 saturated carbocycles. The summed E-state index contributed by atoms with van der Waals surface area (Å²) in [4.78, 5) is 14.5. The third-order valence-corrected chi connectivity index (χ3v) is 3.19. The zero-order chi connectivity index (χ0) is 13.9. The zero-order valence-electron chi connectivity index (χ0n) is 11.4. The van der Waals surface area contributed by atoms with Crippen molar-refractivity contribution in [3.63, 3.8) is 0 Å². The molecule has 0 saturated heterocycles. The molecule has 100 valence electrons. The van der Waals surface area contributed by atoms with Gasteiger partial charge in [-0.1, -0.05) is 42.5 Å². The van der Waals surface area contributed by atoms with Gasteiger partial charge in [0, 0.05) is 18.0 Å². The van der Waals surface area contributed by atoms with E-state index < -0.39 is 0 Å². The van der Waals surface area contributed by atoms with Crippen LogP contribution in [0.3, 0.4) is 0 Å². The molecule has 1 heterocycles. The number of anilines is 1. The molecule has 4 heteroatoms. The van der Waals surface area contributed by atoms with Gasteiger partial charge in [-0.2, -0.15) is 0 Å². The number of rotatable bonds is 3. The largest absolute Gasteiger partial charge is 0.276 e. The van der Waals surface area contributed by atoms with Crippen LogP contribution in [0, 0.1) is 0 Å². The third kappa shape index (κ3) is 2.21. The summed E-state index contributed by atoms with van der Waals surface area (Å²) in [5.74, 6) is 1.46. The predicted molar refractivity (Wildman–Crippen MR) is 80.4 cm³/mol. The van der Waals surface area contributed by atoms with Crippen molar-refractivity contribution in [2.24, 2.45) is 0 Å². The second-order valence-electron chi connectivity index (χ2n) is 4.43. The first-order valence-electron chi connectivity index (χ1n) is 6.39. The number of para-hydroxylation sites is 1. The lowest BCUT2D eigenvalue weighted by molar-refractivity contribution is 0.183. The highest BCUT2D eigenvalue weighted by Gasteiger charge is 2.12. The highest BCUT2D eigenvalue weighted by atomic mass is 16.7. The van der Waals surface area contributed by atoms with Gasteiger partial charge in [0.05, 0.1) is 12.6 Å².